The molecule has 0 saturated carbocycles. The lowest BCUT2D eigenvalue weighted by Crippen LogP contribution is -2.50. The Labute approximate surface area is 165 Å². The van der Waals surface area contributed by atoms with Crippen LogP contribution in [-0.2, 0) is 0 Å². The molecule has 0 radical (unpaired) electrons. The molecule has 1 aliphatic rings. The number of hydrogen-bond acceptors (Lipinski definition) is 6. The normalized spacial score (nSPS) is 14.3. The lowest BCUT2D eigenvalue weighted by atomic mass is 10.2. The molecular formula is C19H19F2N5O3. The molecule has 1 aliphatic heterocycles. The Hall–Kier alpha value is -3.43. The van der Waals surface area contributed by atoms with Gasteiger partial charge in [0.1, 0.15) is 22.9 Å². The predicted octanol–water partition coefficient (Wildman–Crippen LogP) is 3.17. The zero-order valence-electron chi connectivity index (χ0n) is 15.9. The summed E-state index contributed by atoms with van der Waals surface area (Å²) in [7, 11) is 1.43. The summed E-state index contributed by atoms with van der Waals surface area (Å²) in [5.41, 5.74) is 1.29. The fourth-order valence-electron chi connectivity index (χ4n) is 3.26. The molecule has 0 unspecified atom stereocenters. The number of fused-ring (bicyclic) bond motifs is 1. The zero-order valence-corrected chi connectivity index (χ0v) is 15.9. The molecule has 1 saturated heterocycles. The molecule has 2 amide bonds. The second-order valence-corrected chi connectivity index (χ2v) is 6.66. The van der Waals surface area contributed by atoms with E-state index in [1.54, 1.807) is 17.9 Å². The molecule has 2 aromatic heterocycles. The summed E-state index contributed by atoms with van der Waals surface area (Å²) in [6.07, 6.45) is 0. The molecule has 0 spiro atoms. The van der Waals surface area contributed by atoms with E-state index in [0.717, 1.165) is 6.07 Å². The van der Waals surface area contributed by atoms with Crippen LogP contribution >= 0.6 is 0 Å². The highest BCUT2D eigenvalue weighted by atomic mass is 19.1. The number of aromatic nitrogens is 2. The van der Waals surface area contributed by atoms with Gasteiger partial charge in [-0.05, 0) is 19.1 Å². The summed E-state index contributed by atoms with van der Waals surface area (Å²) in [5, 5.41) is 2.71. The number of urea groups is 1. The number of aryl methyl sites for hydroxylation is 1. The molecule has 1 aromatic carbocycles. The number of amides is 2. The van der Waals surface area contributed by atoms with Gasteiger partial charge in [0.05, 0.1) is 7.11 Å². The van der Waals surface area contributed by atoms with Crippen molar-refractivity contribution in [2.75, 3.05) is 43.5 Å². The summed E-state index contributed by atoms with van der Waals surface area (Å²) in [4.78, 5) is 24.7. The lowest BCUT2D eigenvalue weighted by molar-refractivity contribution is 0.208. The number of halogens is 2. The van der Waals surface area contributed by atoms with E-state index in [4.69, 9.17) is 9.15 Å². The number of furan rings is 1. The summed E-state index contributed by atoms with van der Waals surface area (Å²) in [6, 6.07) is 4.75. The van der Waals surface area contributed by atoms with Crippen molar-refractivity contribution in [1.82, 2.24) is 14.9 Å². The van der Waals surface area contributed by atoms with Crippen molar-refractivity contribution in [3.63, 3.8) is 0 Å². The molecule has 3 aromatic rings. The number of anilines is 2. The average molecular weight is 403 g/mol. The quantitative estimate of drug-likeness (QED) is 0.723. The Kier molecular flexibility index (Phi) is 4.91. The maximum absolute atomic E-state index is 13.4. The van der Waals surface area contributed by atoms with Gasteiger partial charge in [0.2, 0.25) is 5.71 Å². The summed E-state index contributed by atoms with van der Waals surface area (Å²) in [6.45, 7) is 3.43. The summed E-state index contributed by atoms with van der Waals surface area (Å²) in [5.74, 6) is -0.267. The maximum Gasteiger partial charge on any atom is 0.323 e. The SMILES string of the molecule is COc1nc2oc(C)cc2nc1NC(=O)N1CCN(c2cc(F)cc(F)c2)CC1. The Balaban J connectivity index is 1.44. The third-order valence-corrected chi connectivity index (χ3v) is 4.65. The zero-order chi connectivity index (χ0) is 20.5. The molecule has 10 heteroatoms. The Morgan fingerprint density at radius 1 is 1.10 bits per heavy atom. The van der Waals surface area contributed by atoms with Crippen molar-refractivity contribution in [1.29, 1.82) is 0 Å². The van der Waals surface area contributed by atoms with Gasteiger partial charge in [-0.25, -0.2) is 18.6 Å². The van der Waals surface area contributed by atoms with Gasteiger partial charge in [-0.1, -0.05) is 0 Å². The second-order valence-electron chi connectivity index (χ2n) is 6.66. The topological polar surface area (TPSA) is 83.7 Å². The van der Waals surface area contributed by atoms with Crippen LogP contribution in [0.3, 0.4) is 0 Å². The molecule has 0 aliphatic carbocycles. The number of nitrogens with one attached hydrogen (secondary N) is 1. The van der Waals surface area contributed by atoms with E-state index in [9.17, 15) is 13.6 Å². The monoisotopic (exact) mass is 403 g/mol. The van der Waals surface area contributed by atoms with Gasteiger partial charge < -0.3 is 19.0 Å². The van der Waals surface area contributed by atoms with Crippen molar-refractivity contribution in [3.05, 3.63) is 41.7 Å². The molecule has 0 atom stereocenters. The van der Waals surface area contributed by atoms with E-state index in [0.29, 0.717) is 48.9 Å². The first-order valence-corrected chi connectivity index (χ1v) is 9.02. The third-order valence-electron chi connectivity index (χ3n) is 4.65. The minimum Gasteiger partial charge on any atom is -0.478 e. The van der Waals surface area contributed by atoms with Crippen molar-refractivity contribution >= 4 is 28.8 Å². The summed E-state index contributed by atoms with van der Waals surface area (Å²) >= 11 is 0. The van der Waals surface area contributed by atoms with Crippen LogP contribution in [0, 0.1) is 18.6 Å². The highest BCUT2D eigenvalue weighted by Crippen LogP contribution is 2.26. The lowest BCUT2D eigenvalue weighted by Gasteiger charge is -2.36. The molecule has 4 rings (SSSR count). The van der Waals surface area contributed by atoms with Gasteiger partial charge in [0.25, 0.3) is 5.88 Å². The minimum atomic E-state index is -0.629. The second kappa shape index (κ2) is 7.53. The number of carbonyl (C=O) groups excluding carboxylic acids is 1. The van der Waals surface area contributed by atoms with Crippen LogP contribution in [0.2, 0.25) is 0 Å². The van der Waals surface area contributed by atoms with Gasteiger partial charge >= 0.3 is 6.03 Å². The molecule has 29 heavy (non-hydrogen) atoms. The number of methoxy groups -OCH3 is 1. The number of nitrogens with zero attached hydrogens (tertiary/aromatic N) is 4. The van der Waals surface area contributed by atoms with Crippen LogP contribution in [0.25, 0.3) is 11.2 Å². The molecule has 1 fully saturated rings. The maximum atomic E-state index is 13.4. The van der Waals surface area contributed by atoms with Crippen molar-refractivity contribution < 1.29 is 22.7 Å². The highest BCUT2D eigenvalue weighted by Gasteiger charge is 2.24. The molecular weight excluding hydrogens is 384 g/mol. The first-order valence-electron chi connectivity index (χ1n) is 9.02. The smallest absolute Gasteiger partial charge is 0.323 e. The van der Waals surface area contributed by atoms with Crippen LogP contribution in [-0.4, -0.2) is 54.2 Å². The summed E-state index contributed by atoms with van der Waals surface area (Å²) < 4.78 is 37.5. The van der Waals surface area contributed by atoms with Gasteiger partial charge in [-0.2, -0.15) is 4.98 Å². The highest BCUT2D eigenvalue weighted by molar-refractivity contribution is 5.90. The number of ether oxygens (including phenoxy) is 1. The third kappa shape index (κ3) is 3.91. The molecule has 1 N–H and O–H groups in total. The number of rotatable bonds is 3. The van der Waals surface area contributed by atoms with E-state index in [1.165, 1.54) is 19.2 Å². The number of benzene rings is 1. The minimum absolute atomic E-state index is 0.147. The van der Waals surface area contributed by atoms with E-state index in [-0.39, 0.29) is 17.7 Å². The fraction of sp³-hybridized carbons (Fsp3) is 0.316. The van der Waals surface area contributed by atoms with E-state index in [1.807, 2.05) is 4.90 Å². The van der Waals surface area contributed by atoms with E-state index >= 15 is 0 Å². The Morgan fingerprint density at radius 2 is 1.79 bits per heavy atom. The van der Waals surface area contributed by atoms with Crippen LogP contribution < -0.4 is 15.0 Å². The molecule has 8 nitrogen and oxygen atoms in total. The van der Waals surface area contributed by atoms with Crippen molar-refractivity contribution in [2.45, 2.75) is 6.92 Å². The number of carbonyl (C=O) groups is 1. The molecule has 3 heterocycles. The van der Waals surface area contributed by atoms with Crippen molar-refractivity contribution in [3.8, 4) is 5.88 Å². The Bertz CT molecular complexity index is 1040. The first kappa shape index (κ1) is 18.9. The van der Waals surface area contributed by atoms with Gasteiger partial charge in [0.15, 0.2) is 5.82 Å². The van der Waals surface area contributed by atoms with Crippen LogP contribution in [0.15, 0.2) is 28.7 Å². The molecule has 0 bridgehead atoms. The standard InChI is InChI=1S/C19H19F2N5O3/c1-11-7-15-17(29-11)24-18(28-2)16(22-15)23-19(27)26-5-3-25(4-6-26)14-9-12(20)8-13(21)10-14/h7-10H,3-6H2,1-2H3,(H,22,23,27). The van der Waals surface area contributed by atoms with E-state index in [2.05, 4.69) is 15.3 Å². The average Bonchev–Trinajstić information content (AvgIpc) is 3.05. The van der Waals surface area contributed by atoms with Crippen LogP contribution in [0.5, 0.6) is 5.88 Å². The van der Waals surface area contributed by atoms with Gasteiger partial charge in [-0.15, -0.1) is 0 Å². The van der Waals surface area contributed by atoms with Gasteiger partial charge in [-0.3, -0.25) is 5.32 Å². The first-order chi connectivity index (χ1) is 13.9. The fourth-order valence-corrected chi connectivity index (χ4v) is 3.26. The number of piperazine rings is 1. The number of hydrogen-bond donors (Lipinski definition) is 1. The largest absolute Gasteiger partial charge is 0.478 e. The molecule has 152 valence electrons. The Morgan fingerprint density at radius 3 is 2.45 bits per heavy atom. The van der Waals surface area contributed by atoms with Gasteiger partial charge in [0, 0.05) is 44.0 Å². The predicted molar refractivity (Wildman–Crippen MR) is 102 cm³/mol. The van der Waals surface area contributed by atoms with Crippen LogP contribution in [0.1, 0.15) is 5.76 Å². The van der Waals surface area contributed by atoms with E-state index < -0.39 is 11.6 Å². The van der Waals surface area contributed by atoms with Crippen LogP contribution in [0.4, 0.5) is 25.1 Å². The van der Waals surface area contributed by atoms with Crippen molar-refractivity contribution in [2.24, 2.45) is 0 Å².